The van der Waals surface area contributed by atoms with Gasteiger partial charge in [0.05, 0.1) is 13.2 Å². The van der Waals surface area contributed by atoms with E-state index in [-0.39, 0.29) is 0 Å². The first-order valence-corrected chi connectivity index (χ1v) is 10.1. The Hall–Kier alpha value is -1.18. The van der Waals surface area contributed by atoms with E-state index in [1.54, 1.807) is 0 Å². The summed E-state index contributed by atoms with van der Waals surface area (Å²) in [5, 5.41) is 0. The van der Waals surface area contributed by atoms with Crippen LogP contribution in [0.25, 0.3) is 0 Å². The zero-order chi connectivity index (χ0) is 17.3. The SMILES string of the molecule is CCCCCCCCCCCCOc1cc[c]cc1OCCCC. The van der Waals surface area contributed by atoms with Gasteiger partial charge in [-0.15, -0.1) is 0 Å². The molecule has 0 spiro atoms. The van der Waals surface area contributed by atoms with Crippen LogP contribution in [-0.4, -0.2) is 13.2 Å². The van der Waals surface area contributed by atoms with Crippen LogP contribution in [0, 0.1) is 6.07 Å². The molecule has 0 fully saturated rings. The molecule has 0 N–H and O–H groups in total. The summed E-state index contributed by atoms with van der Waals surface area (Å²) in [5.41, 5.74) is 0. The van der Waals surface area contributed by atoms with Crippen LogP contribution < -0.4 is 9.47 Å². The molecule has 0 aliphatic rings. The van der Waals surface area contributed by atoms with E-state index in [1.165, 1.54) is 57.8 Å². The van der Waals surface area contributed by atoms with Crippen molar-refractivity contribution < 1.29 is 9.47 Å². The Bertz CT molecular complexity index is 389. The zero-order valence-corrected chi connectivity index (χ0v) is 15.9. The molecule has 1 radical (unpaired) electrons. The summed E-state index contributed by atoms with van der Waals surface area (Å²) in [7, 11) is 0. The number of benzene rings is 1. The van der Waals surface area contributed by atoms with E-state index in [2.05, 4.69) is 19.9 Å². The van der Waals surface area contributed by atoms with Crippen molar-refractivity contribution in [1.29, 1.82) is 0 Å². The van der Waals surface area contributed by atoms with Crippen LogP contribution in [0.1, 0.15) is 90.9 Å². The molecule has 0 amide bonds. The lowest BCUT2D eigenvalue weighted by molar-refractivity contribution is 0.260. The molecule has 0 atom stereocenters. The second-order valence-corrected chi connectivity index (χ2v) is 6.61. The Labute approximate surface area is 149 Å². The fourth-order valence-electron chi connectivity index (χ4n) is 2.73. The second-order valence-electron chi connectivity index (χ2n) is 6.61. The molecule has 2 nitrogen and oxygen atoms in total. The van der Waals surface area contributed by atoms with E-state index >= 15 is 0 Å². The average molecular weight is 334 g/mol. The summed E-state index contributed by atoms with van der Waals surface area (Å²) < 4.78 is 11.7. The van der Waals surface area contributed by atoms with Gasteiger partial charge in [0.25, 0.3) is 0 Å². The van der Waals surface area contributed by atoms with E-state index in [0.29, 0.717) is 0 Å². The van der Waals surface area contributed by atoms with Gasteiger partial charge in [-0.25, -0.2) is 0 Å². The molecule has 0 aromatic heterocycles. The Morgan fingerprint density at radius 3 is 1.88 bits per heavy atom. The highest BCUT2D eigenvalue weighted by Crippen LogP contribution is 2.26. The Kier molecular flexibility index (Phi) is 13.3. The van der Waals surface area contributed by atoms with Gasteiger partial charge in [-0.3, -0.25) is 0 Å². The van der Waals surface area contributed by atoms with Crippen molar-refractivity contribution >= 4 is 0 Å². The van der Waals surface area contributed by atoms with Gasteiger partial charge in [0.2, 0.25) is 0 Å². The highest BCUT2D eigenvalue weighted by atomic mass is 16.5. The maximum Gasteiger partial charge on any atom is 0.161 e. The van der Waals surface area contributed by atoms with Gasteiger partial charge in [0.1, 0.15) is 0 Å². The molecule has 0 heterocycles. The molecule has 0 aliphatic heterocycles. The number of rotatable bonds is 16. The van der Waals surface area contributed by atoms with Gasteiger partial charge in [-0.1, -0.05) is 84.1 Å². The predicted octanol–water partition coefficient (Wildman–Crippen LogP) is 6.97. The van der Waals surface area contributed by atoms with Crippen molar-refractivity contribution in [2.45, 2.75) is 90.9 Å². The molecule has 0 saturated carbocycles. The van der Waals surface area contributed by atoms with E-state index in [1.807, 2.05) is 18.2 Å². The predicted molar refractivity (Wildman–Crippen MR) is 103 cm³/mol. The first kappa shape index (κ1) is 20.9. The van der Waals surface area contributed by atoms with Gasteiger partial charge in [0, 0.05) is 0 Å². The van der Waals surface area contributed by atoms with Crippen molar-refractivity contribution in [3.8, 4) is 11.5 Å². The first-order chi connectivity index (χ1) is 11.9. The van der Waals surface area contributed by atoms with Crippen molar-refractivity contribution in [3.05, 3.63) is 24.3 Å². The minimum Gasteiger partial charge on any atom is -0.490 e. The lowest BCUT2D eigenvalue weighted by Crippen LogP contribution is -2.02. The van der Waals surface area contributed by atoms with Crippen LogP contribution in [-0.2, 0) is 0 Å². The summed E-state index contributed by atoms with van der Waals surface area (Å²) in [6.45, 7) is 5.98. The minimum absolute atomic E-state index is 0.753. The fraction of sp³-hybridized carbons (Fsp3) is 0.727. The summed E-state index contributed by atoms with van der Waals surface area (Å²) in [6.07, 6.45) is 15.7. The topological polar surface area (TPSA) is 18.5 Å². The standard InChI is InChI=1S/C22H37O2/c1-3-5-7-8-9-10-11-12-13-16-20-24-22-18-15-14-17-21(22)23-19-6-4-2/h15,17-18H,3-13,16,19-20H2,1-2H3. The van der Waals surface area contributed by atoms with E-state index in [9.17, 15) is 0 Å². The molecule has 0 saturated heterocycles. The van der Waals surface area contributed by atoms with Gasteiger partial charge < -0.3 is 9.47 Å². The Morgan fingerprint density at radius 1 is 0.667 bits per heavy atom. The molecule has 0 unspecified atom stereocenters. The summed E-state index contributed by atoms with van der Waals surface area (Å²) >= 11 is 0. The maximum atomic E-state index is 5.89. The largest absolute Gasteiger partial charge is 0.490 e. The van der Waals surface area contributed by atoms with Crippen molar-refractivity contribution in [2.75, 3.05) is 13.2 Å². The summed E-state index contributed by atoms with van der Waals surface area (Å²) in [6, 6.07) is 8.79. The number of ether oxygens (including phenoxy) is 2. The molecular weight excluding hydrogens is 296 g/mol. The Morgan fingerprint density at radius 2 is 1.21 bits per heavy atom. The molecule has 24 heavy (non-hydrogen) atoms. The fourth-order valence-corrected chi connectivity index (χ4v) is 2.73. The van der Waals surface area contributed by atoms with Crippen LogP contribution in [0.3, 0.4) is 0 Å². The van der Waals surface area contributed by atoms with Gasteiger partial charge in [0.15, 0.2) is 11.5 Å². The van der Waals surface area contributed by atoms with Crippen LogP contribution in [0.4, 0.5) is 0 Å². The van der Waals surface area contributed by atoms with Crippen molar-refractivity contribution in [2.24, 2.45) is 0 Å². The van der Waals surface area contributed by atoms with E-state index < -0.39 is 0 Å². The van der Waals surface area contributed by atoms with Crippen LogP contribution in [0.2, 0.25) is 0 Å². The van der Waals surface area contributed by atoms with Crippen LogP contribution in [0.15, 0.2) is 18.2 Å². The molecule has 137 valence electrons. The summed E-state index contributed by atoms with van der Waals surface area (Å²) in [5.74, 6) is 1.69. The molecule has 1 aromatic rings. The van der Waals surface area contributed by atoms with Gasteiger partial charge in [-0.2, -0.15) is 0 Å². The highest BCUT2D eigenvalue weighted by Gasteiger charge is 2.03. The third-order valence-corrected chi connectivity index (χ3v) is 4.30. The van der Waals surface area contributed by atoms with Crippen LogP contribution in [0.5, 0.6) is 11.5 Å². The summed E-state index contributed by atoms with van der Waals surface area (Å²) in [4.78, 5) is 0. The van der Waals surface area contributed by atoms with Crippen molar-refractivity contribution in [1.82, 2.24) is 0 Å². The zero-order valence-electron chi connectivity index (χ0n) is 15.9. The van der Waals surface area contributed by atoms with E-state index in [4.69, 9.17) is 9.47 Å². The molecule has 0 bridgehead atoms. The van der Waals surface area contributed by atoms with E-state index in [0.717, 1.165) is 44.0 Å². The number of hydrogen-bond donors (Lipinski definition) is 0. The molecule has 1 rings (SSSR count). The van der Waals surface area contributed by atoms with Crippen LogP contribution >= 0.6 is 0 Å². The van der Waals surface area contributed by atoms with Gasteiger partial charge in [-0.05, 0) is 31.0 Å². The highest BCUT2D eigenvalue weighted by molar-refractivity contribution is 5.38. The average Bonchev–Trinajstić information content (AvgIpc) is 2.61. The molecule has 2 heteroatoms. The maximum absolute atomic E-state index is 5.89. The third-order valence-electron chi connectivity index (χ3n) is 4.30. The monoisotopic (exact) mass is 333 g/mol. The molecule has 0 aliphatic carbocycles. The second kappa shape index (κ2) is 15.4. The molecular formula is C22H37O2. The lowest BCUT2D eigenvalue weighted by Gasteiger charge is -2.12. The Balaban J connectivity index is 2.03. The first-order valence-electron chi connectivity index (χ1n) is 10.1. The number of hydrogen-bond acceptors (Lipinski definition) is 2. The normalized spacial score (nSPS) is 10.8. The third kappa shape index (κ3) is 10.6. The van der Waals surface area contributed by atoms with Crippen molar-refractivity contribution in [3.63, 3.8) is 0 Å². The molecule has 1 aromatic carbocycles. The lowest BCUT2D eigenvalue weighted by atomic mass is 10.1. The smallest absolute Gasteiger partial charge is 0.161 e. The van der Waals surface area contributed by atoms with Gasteiger partial charge >= 0.3 is 0 Å². The quantitative estimate of drug-likeness (QED) is 0.304. The number of unbranched alkanes of at least 4 members (excludes halogenated alkanes) is 10. The minimum atomic E-state index is 0.753.